The van der Waals surface area contributed by atoms with Crippen molar-refractivity contribution in [2.24, 2.45) is 18.9 Å². The van der Waals surface area contributed by atoms with Crippen LogP contribution in [0.5, 0.6) is 0 Å². The summed E-state index contributed by atoms with van der Waals surface area (Å²) in [7, 11) is 1.93. The van der Waals surface area contributed by atoms with E-state index in [4.69, 9.17) is 24.4 Å². The highest BCUT2D eigenvalue weighted by Gasteiger charge is 2.43. The number of carbonyl (C=O) groups excluding carboxylic acids is 1. The summed E-state index contributed by atoms with van der Waals surface area (Å²) in [4.78, 5) is 40.8. The lowest BCUT2D eigenvalue weighted by Crippen LogP contribution is -2.37. The van der Waals surface area contributed by atoms with Crippen LogP contribution in [-0.4, -0.2) is 83.4 Å². The van der Waals surface area contributed by atoms with Crippen LogP contribution in [0, 0.1) is 11.8 Å². The predicted octanol–water partition coefficient (Wildman–Crippen LogP) is 3.78. The highest BCUT2D eigenvalue weighted by molar-refractivity contribution is 5.90. The van der Waals surface area contributed by atoms with Crippen molar-refractivity contribution in [2.45, 2.75) is 51.9 Å². The van der Waals surface area contributed by atoms with Crippen molar-refractivity contribution in [1.29, 1.82) is 0 Å². The Hall–Kier alpha value is -3.80. The van der Waals surface area contributed by atoms with Crippen molar-refractivity contribution in [2.75, 3.05) is 37.7 Å². The summed E-state index contributed by atoms with van der Waals surface area (Å²) >= 11 is 0. The van der Waals surface area contributed by atoms with Gasteiger partial charge in [0.05, 0.1) is 12.7 Å². The lowest BCUT2D eigenvalue weighted by Gasteiger charge is -2.26. The van der Waals surface area contributed by atoms with Crippen LogP contribution in [0.1, 0.15) is 46.3 Å². The fraction of sp³-hybridized carbons (Fsp3) is 0.571. The van der Waals surface area contributed by atoms with E-state index >= 15 is 0 Å². The number of ether oxygens (including phenoxy) is 2. The van der Waals surface area contributed by atoms with Gasteiger partial charge in [-0.2, -0.15) is 4.98 Å². The summed E-state index contributed by atoms with van der Waals surface area (Å²) in [6.07, 6.45) is 8.21. The molecule has 210 valence electrons. The molecule has 7 heterocycles. The zero-order valence-electron chi connectivity index (χ0n) is 23.4. The van der Waals surface area contributed by atoms with Gasteiger partial charge in [-0.05, 0) is 46.1 Å². The zero-order chi connectivity index (χ0) is 27.6. The molecule has 12 heteroatoms. The molecular weight excluding hydrogens is 510 g/mol. The van der Waals surface area contributed by atoms with Crippen LogP contribution in [0.25, 0.3) is 33.6 Å². The van der Waals surface area contributed by atoms with Gasteiger partial charge in [0.25, 0.3) is 0 Å². The summed E-state index contributed by atoms with van der Waals surface area (Å²) in [6, 6.07) is 2.02. The molecule has 40 heavy (non-hydrogen) atoms. The Labute approximate surface area is 232 Å². The SMILES string of the molecule is Cn1cnc2cc(-c3nc(N4CC5CN(C(=O)OC(C)(C)C)CC5C4)nc4c3ncn4C3CCCCO3)cnc21. The minimum atomic E-state index is -0.501. The number of fused-ring (bicyclic) bond motifs is 3. The first-order chi connectivity index (χ1) is 19.2. The number of aromatic nitrogens is 7. The van der Waals surface area contributed by atoms with Gasteiger partial charge in [0.1, 0.15) is 28.6 Å². The van der Waals surface area contributed by atoms with E-state index in [2.05, 4.69) is 19.4 Å². The molecule has 0 spiro atoms. The number of anilines is 1. The Kier molecular flexibility index (Phi) is 5.92. The van der Waals surface area contributed by atoms with Crippen LogP contribution >= 0.6 is 0 Å². The van der Waals surface area contributed by atoms with Crippen molar-refractivity contribution in [3.63, 3.8) is 0 Å². The number of aryl methyl sites for hydroxylation is 1. The molecule has 3 unspecified atom stereocenters. The van der Waals surface area contributed by atoms with E-state index in [0.717, 1.165) is 72.5 Å². The minimum Gasteiger partial charge on any atom is -0.444 e. The second-order valence-corrected chi connectivity index (χ2v) is 12.3. The summed E-state index contributed by atoms with van der Waals surface area (Å²) in [5, 5.41) is 0. The number of rotatable bonds is 3. The van der Waals surface area contributed by atoms with Gasteiger partial charge < -0.3 is 23.8 Å². The molecule has 0 aromatic carbocycles. The lowest BCUT2D eigenvalue weighted by molar-refractivity contribution is -0.0298. The number of hydrogen-bond donors (Lipinski definition) is 0. The molecule has 3 aliphatic heterocycles. The maximum absolute atomic E-state index is 12.7. The van der Waals surface area contributed by atoms with E-state index in [0.29, 0.717) is 30.9 Å². The zero-order valence-corrected chi connectivity index (χ0v) is 23.4. The number of amides is 1. The molecule has 7 rings (SSSR count). The van der Waals surface area contributed by atoms with Crippen molar-refractivity contribution >= 4 is 34.4 Å². The van der Waals surface area contributed by atoms with Crippen molar-refractivity contribution in [3.05, 3.63) is 24.9 Å². The molecule has 3 atom stereocenters. The van der Waals surface area contributed by atoms with E-state index in [1.807, 2.05) is 55.9 Å². The van der Waals surface area contributed by atoms with E-state index in [9.17, 15) is 4.79 Å². The highest BCUT2D eigenvalue weighted by atomic mass is 16.6. The Balaban J connectivity index is 1.23. The van der Waals surface area contributed by atoms with E-state index in [1.165, 1.54) is 0 Å². The van der Waals surface area contributed by atoms with Crippen molar-refractivity contribution in [3.8, 4) is 11.3 Å². The number of nitrogens with zero attached hydrogens (tertiary/aromatic N) is 9. The Morgan fingerprint density at radius 1 is 1.00 bits per heavy atom. The third-order valence-electron chi connectivity index (χ3n) is 8.12. The van der Waals surface area contributed by atoms with Crippen LogP contribution < -0.4 is 4.90 Å². The molecule has 3 fully saturated rings. The van der Waals surface area contributed by atoms with Gasteiger partial charge in [0.2, 0.25) is 5.95 Å². The molecule has 0 radical (unpaired) electrons. The van der Waals surface area contributed by atoms with Crippen LogP contribution in [0.3, 0.4) is 0 Å². The quantitative estimate of drug-likeness (QED) is 0.379. The third kappa shape index (κ3) is 4.43. The second-order valence-electron chi connectivity index (χ2n) is 12.3. The van der Waals surface area contributed by atoms with Crippen LogP contribution in [0.4, 0.5) is 10.7 Å². The first-order valence-corrected chi connectivity index (χ1v) is 14.1. The molecule has 0 saturated carbocycles. The molecule has 3 saturated heterocycles. The highest BCUT2D eigenvalue weighted by Crippen LogP contribution is 2.36. The molecule has 4 aromatic rings. The maximum Gasteiger partial charge on any atom is 0.410 e. The van der Waals surface area contributed by atoms with E-state index < -0.39 is 5.60 Å². The summed E-state index contributed by atoms with van der Waals surface area (Å²) in [5.41, 5.74) is 4.20. The smallest absolute Gasteiger partial charge is 0.410 e. The molecule has 0 N–H and O–H groups in total. The first kappa shape index (κ1) is 25.2. The van der Waals surface area contributed by atoms with Gasteiger partial charge in [-0.15, -0.1) is 0 Å². The fourth-order valence-corrected chi connectivity index (χ4v) is 6.18. The van der Waals surface area contributed by atoms with Gasteiger partial charge in [-0.25, -0.2) is 24.7 Å². The molecule has 3 aliphatic rings. The average molecular weight is 546 g/mol. The number of imidazole rings is 2. The monoisotopic (exact) mass is 545 g/mol. The van der Waals surface area contributed by atoms with Crippen molar-refractivity contribution < 1.29 is 14.3 Å². The van der Waals surface area contributed by atoms with E-state index in [1.54, 1.807) is 6.33 Å². The molecule has 1 amide bonds. The summed E-state index contributed by atoms with van der Waals surface area (Å²) in [5.74, 6) is 1.35. The molecule has 0 bridgehead atoms. The largest absolute Gasteiger partial charge is 0.444 e. The number of likely N-dealkylation sites (tertiary alicyclic amines) is 1. The minimum absolute atomic E-state index is 0.0916. The fourth-order valence-electron chi connectivity index (χ4n) is 6.18. The molecule has 4 aromatic heterocycles. The summed E-state index contributed by atoms with van der Waals surface area (Å²) in [6.45, 7) is 9.36. The number of carbonyl (C=O) groups is 1. The van der Waals surface area contributed by atoms with Gasteiger partial charge in [-0.1, -0.05) is 0 Å². The maximum atomic E-state index is 12.7. The molecule has 12 nitrogen and oxygen atoms in total. The predicted molar refractivity (Wildman–Crippen MR) is 149 cm³/mol. The first-order valence-electron chi connectivity index (χ1n) is 14.1. The Bertz CT molecular complexity index is 1570. The lowest BCUT2D eigenvalue weighted by atomic mass is 10.0. The molecular formula is C28H35N9O3. The van der Waals surface area contributed by atoms with Crippen LogP contribution in [-0.2, 0) is 16.5 Å². The normalized spacial score (nSPS) is 23.4. The van der Waals surface area contributed by atoms with Gasteiger partial charge in [0, 0.05) is 63.4 Å². The molecule has 0 aliphatic carbocycles. The second kappa shape index (κ2) is 9.39. The standard InChI is InChI=1S/C28H35N9O3/c1-28(2,3)40-27(38)36-13-18-11-35(12-19(18)14-36)26-32-22(17-9-20-24(29-10-17)34(4)15-30-20)23-25(33-26)37(16-31-23)21-7-5-6-8-39-21/h9-10,15-16,18-19,21H,5-8,11-14H2,1-4H3. The number of hydrogen-bond acceptors (Lipinski definition) is 9. The average Bonchev–Trinajstić information content (AvgIpc) is 3.70. The van der Waals surface area contributed by atoms with Gasteiger partial charge in [0.15, 0.2) is 11.3 Å². The van der Waals surface area contributed by atoms with E-state index in [-0.39, 0.29) is 12.3 Å². The van der Waals surface area contributed by atoms with Gasteiger partial charge >= 0.3 is 6.09 Å². The summed E-state index contributed by atoms with van der Waals surface area (Å²) < 4.78 is 15.7. The Morgan fingerprint density at radius 2 is 1.80 bits per heavy atom. The Morgan fingerprint density at radius 3 is 2.52 bits per heavy atom. The topological polar surface area (TPSA) is 116 Å². The van der Waals surface area contributed by atoms with Crippen LogP contribution in [0.2, 0.25) is 0 Å². The van der Waals surface area contributed by atoms with Gasteiger partial charge in [-0.3, -0.25) is 4.57 Å². The third-order valence-corrected chi connectivity index (χ3v) is 8.12. The van der Waals surface area contributed by atoms with Crippen LogP contribution in [0.15, 0.2) is 24.9 Å². The number of pyridine rings is 1. The van der Waals surface area contributed by atoms with Crippen molar-refractivity contribution in [1.82, 2.24) is 39.0 Å².